The van der Waals surface area contributed by atoms with Gasteiger partial charge < -0.3 is 14.4 Å². The summed E-state index contributed by atoms with van der Waals surface area (Å²) in [7, 11) is 3.37. The summed E-state index contributed by atoms with van der Waals surface area (Å²) in [5.41, 5.74) is 5.95. The van der Waals surface area contributed by atoms with Gasteiger partial charge in [0.05, 0.1) is 31.8 Å². The van der Waals surface area contributed by atoms with E-state index in [0.717, 1.165) is 18.4 Å². The number of hydrazine groups is 1. The van der Waals surface area contributed by atoms with Crippen molar-refractivity contribution < 1.29 is 23.0 Å². The number of methoxy groups -OCH3 is 1. The average Bonchev–Trinajstić information content (AvgIpc) is 3.70. The first kappa shape index (κ1) is 28.0. The zero-order chi connectivity index (χ0) is 28.2. The number of nitrogens with zero attached hydrogens (tertiary/aromatic N) is 5. The molecular formula is C28H30F2N6O3S. The van der Waals surface area contributed by atoms with Crippen LogP contribution in [0.1, 0.15) is 37.6 Å². The third-order valence-electron chi connectivity index (χ3n) is 6.48. The number of pyridine rings is 2. The molecule has 3 fully saturated rings. The van der Waals surface area contributed by atoms with Crippen molar-refractivity contribution in [2.24, 2.45) is 10.9 Å². The number of amides is 1. The highest BCUT2D eigenvalue weighted by Crippen LogP contribution is 2.39. The zero-order valence-electron chi connectivity index (χ0n) is 22.5. The van der Waals surface area contributed by atoms with Crippen molar-refractivity contribution in [1.29, 1.82) is 0 Å². The van der Waals surface area contributed by atoms with E-state index in [9.17, 15) is 13.6 Å². The van der Waals surface area contributed by atoms with E-state index in [1.54, 1.807) is 17.3 Å². The van der Waals surface area contributed by atoms with E-state index in [4.69, 9.17) is 14.5 Å². The number of ether oxygens (including phenoxy) is 2. The molecule has 4 heterocycles. The maximum Gasteiger partial charge on any atom is 0.280 e. The number of halogens is 2. The summed E-state index contributed by atoms with van der Waals surface area (Å²) >= 11 is 1.48. The Bertz CT molecular complexity index is 1400. The number of nitrogens with one attached hydrogen (secondary N) is 1. The molecule has 210 valence electrons. The molecule has 2 aromatic rings. The molecule has 1 atom stereocenters. The monoisotopic (exact) mass is 568 g/mol. The summed E-state index contributed by atoms with van der Waals surface area (Å²) in [4.78, 5) is 27.0. The number of amidine groups is 1. The van der Waals surface area contributed by atoms with Gasteiger partial charge in [-0.2, -0.15) is 5.01 Å². The lowest BCUT2D eigenvalue weighted by atomic mass is 10.0. The molecule has 0 bridgehead atoms. The van der Waals surface area contributed by atoms with Gasteiger partial charge in [0.25, 0.3) is 12.3 Å². The van der Waals surface area contributed by atoms with Crippen LogP contribution >= 0.6 is 11.8 Å². The maximum atomic E-state index is 13.6. The zero-order valence-corrected chi connectivity index (χ0v) is 23.3. The van der Waals surface area contributed by atoms with Crippen LogP contribution in [0.3, 0.4) is 0 Å². The Hall–Kier alpha value is -3.53. The van der Waals surface area contributed by atoms with Crippen LogP contribution in [-0.4, -0.2) is 70.2 Å². The van der Waals surface area contributed by atoms with E-state index in [2.05, 4.69) is 27.2 Å². The molecule has 2 saturated heterocycles. The smallest absolute Gasteiger partial charge is 0.280 e. The first-order valence-corrected chi connectivity index (χ1v) is 13.8. The summed E-state index contributed by atoms with van der Waals surface area (Å²) in [5.74, 6) is 7.30. The van der Waals surface area contributed by atoms with E-state index < -0.39 is 6.43 Å². The summed E-state index contributed by atoms with van der Waals surface area (Å²) in [5, 5.41) is 2.42. The fourth-order valence-corrected chi connectivity index (χ4v) is 5.13. The van der Waals surface area contributed by atoms with Crippen LogP contribution in [0.2, 0.25) is 0 Å². The van der Waals surface area contributed by atoms with Gasteiger partial charge in [-0.25, -0.2) is 13.8 Å². The van der Waals surface area contributed by atoms with Gasteiger partial charge in [-0.3, -0.25) is 20.2 Å². The molecule has 40 heavy (non-hydrogen) atoms. The lowest BCUT2D eigenvalue weighted by Crippen LogP contribution is -2.38. The van der Waals surface area contributed by atoms with Crippen molar-refractivity contribution in [3.8, 4) is 28.7 Å². The number of aromatic nitrogens is 2. The van der Waals surface area contributed by atoms with Crippen LogP contribution < -0.4 is 10.2 Å². The van der Waals surface area contributed by atoms with Crippen LogP contribution in [0.25, 0.3) is 11.1 Å². The Morgan fingerprint density at radius 1 is 1.30 bits per heavy atom. The molecule has 1 unspecified atom stereocenters. The third kappa shape index (κ3) is 6.78. The normalized spacial score (nSPS) is 21.0. The summed E-state index contributed by atoms with van der Waals surface area (Å²) in [6.07, 6.45) is 4.72. The van der Waals surface area contributed by atoms with Gasteiger partial charge >= 0.3 is 0 Å². The second kappa shape index (κ2) is 12.3. The molecule has 1 aliphatic carbocycles. The van der Waals surface area contributed by atoms with Crippen LogP contribution in [0.4, 0.5) is 14.5 Å². The molecular weight excluding hydrogens is 538 g/mol. The van der Waals surface area contributed by atoms with Gasteiger partial charge in [0.15, 0.2) is 5.17 Å². The molecule has 3 aliphatic rings. The second-order valence-corrected chi connectivity index (χ2v) is 10.8. The predicted octanol–water partition coefficient (Wildman–Crippen LogP) is 4.31. The molecule has 1 N–H and O–H groups in total. The van der Waals surface area contributed by atoms with E-state index in [-0.39, 0.29) is 23.6 Å². The highest BCUT2D eigenvalue weighted by atomic mass is 32.2. The number of hydrogen-bond donors (Lipinski definition) is 1. The molecule has 12 heteroatoms. The molecule has 5 rings (SSSR count). The minimum Gasteiger partial charge on any atom is -0.494 e. The Morgan fingerprint density at radius 2 is 2.12 bits per heavy atom. The highest BCUT2D eigenvalue weighted by Gasteiger charge is 2.27. The van der Waals surface area contributed by atoms with Crippen LogP contribution in [0.15, 0.2) is 41.3 Å². The molecule has 1 amide bonds. The number of thioether (sulfide) groups is 1. The second-order valence-electron chi connectivity index (χ2n) is 9.77. The third-order valence-corrected chi connectivity index (χ3v) is 7.54. The number of carbonyl (C=O) groups is 1. The van der Waals surface area contributed by atoms with Crippen molar-refractivity contribution >= 4 is 28.5 Å². The molecule has 2 aliphatic heterocycles. The van der Waals surface area contributed by atoms with Gasteiger partial charge in [-0.15, -0.1) is 0 Å². The SMILES string of the molecule is COc1cnc(C(F)F)cc1-c1cc(CC(C)=CN2CCOCC2=O)ncc1N=C1NN(C)C(C#CC2CC2)S1. The van der Waals surface area contributed by atoms with Crippen LogP contribution in [0.5, 0.6) is 5.75 Å². The summed E-state index contributed by atoms with van der Waals surface area (Å²) < 4.78 is 38.0. The first-order chi connectivity index (χ1) is 19.3. The van der Waals surface area contributed by atoms with Crippen molar-refractivity contribution in [2.75, 3.05) is 33.9 Å². The standard InChI is InChI=1S/C28H30F2N6O3S/c1-17(15-36-8-9-39-16-25(36)37)10-19-11-20(21-12-22(27(29)30)32-14-24(21)38-3)23(13-31-19)33-28-34-35(2)26(40-28)7-6-18-4-5-18/h11-15,18,26-27H,4-5,8-10,16H2,1-3H3,(H,33,34). The number of hydrogen-bond acceptors (Lipinski definition) is 8. The van der Waals surface area contributed by atoms with E-state index in [1.165, 1.54) is 31.1 Å². The molecule has 2 aromatic heterocycles. The number of aliphatic imine (C=N–C) groups is 1. The summed E-state index contributed by atoms with van der Waals surface area (Å²) in [6, 6.07) is 3.14. The Kier molecular flexibility index (Phi) is 8.63. The summed E-state index contributed by atoms with van der Waals surface area (Å²) in [6.45, 7) is 2.94. The fourth-order valence-electron chi connectivity index (χ4n) is 4.23. The Balaban J connectivity index is 1.50. The van der Waals surface area contributed by atoms with Gasteiger partial charge in [-0.1, -0.05) is 29.2 Å². The number of alkyl halides is 2. The quantitative estimate of drug-likeness (QED) is 0.495. The number of morpholine rings is 1. The Morgan fingerprint density at radius 3 is 2.85 bits per heavy atom. The van der Waals surface area contributed by atoms with Crippen molar-refractivity contribution in [1.82, 2.24) is 25.3 Å². The van der Waals surface area contributed by atoms with Crippen LogP contribution in [0, 0.1) is 17.8 Å². The average molecular weight is 569 g/mol. The lowest BCUT2D eigenvalue weighted by Gasteiger charge is -2.24. The first-order valence-electron chi connectivity index (χ1n) is 12.9. The van der Waals surface area contributed by atoms with Gasteiger partial charge in [0.1, 0.15) is 23.4 Å². The highest BCUT2D eigenvalue weighted by molar-refractivity contribution is 8.14. The van der Waals surface area contributed by atoms with E-state index in [1.807, 2.05) is 25.0 Å². The maximum absolute atomic E-state index is 13.6. The lowest BCUT2D eigenvalue weighted by molar-refractivity contribution is -0.139. The van der Waals surface area contributed by atoms with Crippen molar-refractivity contribution in [3.63, 3.8) is 0 Å². The minimum atomic E-state index is -2.75. The molecule has 0 aromatic carbocycles. The number of carbonyl (C=O) groups excluding carboxylic acids is 1. The van der Waals surface area contributed by atoms with Crippen molar-refractivity contribution in [2.45, 2.75) is 38.0 Å². The molecule has 0 spiro atoms. The van der Waals surface area contributed by atoms with Gasteiger partial charge in [0, 0.05) is 49.0 Å². The molecule has 1 saturated carbocycles. The predicted molar refractivity (Wildman–Crippen MR) is 149 cm³/mol. The largest absolute Gasteiger partial charge is 0.494 e. The minimum absolute atomic E-state index is 0.0593. The van der Waals surface area contributed by atoms with E-state index >= 15 is 0 Å². The molecule has 0 radical (unpaired) electrons. The van der Waals surface area contributed by atoms with Gasteiger partial charge in [0.2, 0.25) is 0 Å². The number of rotatable bonds is 7. The fraction of sp³-hybridized carbons (Fsp3) is 0.429. The number of allylic oxidation sites excluding steroid dienone is 1. The van der Waals surface area contributed by atoms with E-state index in [0.29, 0.717) is 58.9 Å². The molecule has 9 nitrogen and oxygen atoms in total. The topological polar surface area (TPSA) is 92.2 Å². The van der Waals surface area contributed by atoms with Gasteiger partial charge in [-0.05, 0) is 31.9 Å². The van der Waals surface area contributed by atoms with Crippen LogP contribution in [-0.2, 0) is 16.0 Å². The van der Waals surface area contributed by atoms with Crippen molar-refractivity contribution in [3.05, 3.63) is 47.7 Å². The Labute approximate surface area is 236 Å².